The molecular weight excluding hydrogens is 388 g/mol. The number of aryl methyl sites for hydroxylation is 1. The highest BCUT2D eigenvalue weighted by atomic mass is 32.2. The van der Waals surface area contributed by atoms with E-state index in [2.05, 4.69) is 25.7 Å². The second kappa shape index (κ2) is 8.94. The maximum Gasteiger partial charge on any atom is 0.254 e. The van der Waals surface area contributed by atoms with Crippen LogP contribution in [0.25, 0.3) is 0 Å². The summed E-state index contributed by atoms with van der Waals surface area (Å²) in [6.45, 7) is 0.854. The maximum absolute atomic E-state index is 13.1. The summed E-state index contributed by atoms with van der Waals surface area (Å²) in [6.07, 6.45) is 7.24. The van der Waals surface area contributed by atoms with E-state index in [0.717, 1.165) is 19.4 Å². The monoisotopic (exact) mass is 414 g/mol. The van der Waals surface area contributed by atoms with E-state index in [1.165, 1.54) is 42.1 Å². The summed E-state index contributed by atoms with van der Waals surface area (Å²) in [5.41, 5.74) is 1.37. The summed E-state index contributed by atoms with van der Waals surface area (Å²) in [4.78, 5) is 27.3. The van der Waals surface area contributed by atoms with Crippen LogP contribution < -0.4 is 5.32 Å². The van der Waals surface area contributed by atoms with Crippen molar-refractivity contribution in [2.75, 3.05) is 17.6 Å². The topological polar surface area (TPSA) is 93.0 Å². The minimum atomic E-state index is -0.141. The largest absolute Gasteiger partial charge is 0.335 e. The first-order valence-corrected chi connectivity index (χ1v) is 11.2. The lowest BCUT2D eigenvalue weighted by Crippen LogP contribution is -2.49. The molecule has 0 radical (unpaired) electrons. The summed E-state index contributed by atoms with van der Waals surface area (Å²) < 4.78 is 1.52. The molecule has 8 nitrogen and oxygen atoms in total. The van der Waals surface area contributed by atoms with Crippen LogP contribution in [0.2, 0.25) is 0 Å². The van der Waals surface area contributed by atoms with Crippen molar-refractivity contribution in [3.8, 4) is 0 Å². The van der Waals surface area contributed by atoms with E-state index in [9.17, 15) is 9.59 Å². The molecule has 1 saturated heterocycles. The molecule has 1 N–H and O–H groups in total. The van der Waals surface area contributed by atoms with Gasteiger partial charge in [-0.15, -0.1) is 5.10 Å². The van der Waals surface area contributed by atoms with Gasteiger partial charge in [0.25, 0.3) is 5.91 Å². The normalized spacial score (nSPS) is 21.5. The van der Waals surface area contributed by atoms with Crippen molar-refractivity contribution in [3.63, 3.8) is 0 Å². The molecule has 1 aliphatic carbocycles. The summed E-state index contributed by atoms with van der Waals surface area (Å²) in [7, 11) is 1.73. The van der Waals surface area contributed by atoms with Crippen LogP contribution in [0.4, 0.5) is 5.69 Å². The van der Waals surface area contributed by atoms with E-state index in [0.29, 0.717) is 28.4 Å². The van der Waals surface area contributed by atoms with Crippen LogP contribution >= 0.6 is 11.8 Å². The number of thioether (sulfide) groups is 1. The van der Waals surface area contributed by atoms with Crippen molar-refractivity contribution in [2.45, 2.75) is 49.7 Å². The van der Waals surface area contributed by atoms with Gasteiger partial charge in [-0.1, -0.05) is 24.6 Å². The molecule has 2 atom stereocenters. The van der Waals surface area contributed by atoms with Gasteiger partial charge in [0.05, 0.1) is 5.75 Å². The van der Waals surface area contributed by atoms with E-state index >= 15 is 0 Å². The summed E-state index contributed by atoms with van der Waals surface area (Å²) in [5, 5.41) is 14.6. The smallest absolute Gasteiger partial charge is 0.254 e. The van der Waals surface area contributed by atoms with Gasteiger partial charge in [-0.3, -0.25) is 9.59 Å². The Bertz CT molecular complexity index is 866. The highest BCUT2D eigenvalue weighted by Gasteiger charge is 2.35. The number of hydrogen-bond donors (Lipinski definition) is 1. The van der Waals surface area contributed by atoms with Crippen molar-refractivity contribution in [1.82, 2.24) is 25.1 Å². The third-order valence-electron chi connectivity index (χ3n) is 5.83. The zero-order valence-electron chi connectivity index (χ0n) is 16.6. The Labute approximate surface area is 174 Å². The Morgan fingerprint density at radius 2 is 1.90 bits per heavy atom. The van der Waals surface area contributed by atoms with Gasteiger partial charge >= 0.3 is 0 Å². The minimum absolute atomic E-state index is 0.116. The highest BCUT2D eigenvalue weighted by Crippen LogP contribution is 2.36. The number of nitrogens with zero attached hydrogens (tertiary/aromatic N) is 5. The van der Waals surface area contributed by atoms with Crippen LogP contribution in [0.15, 0.2) is 29.4 Å². The molecule has 29 heavy (non-hydrogen) atoms. The second-order valence-corrected chi connectivity index (χ2v) is 8.69. The quantitative estimate of drug-likeness (QED) is 0.756. The number of anilines is 1. The lowest BCUT2D eigenvalue weighted by Gasteiger charge is -2.44. The third-order valence-corrected chi connectivity index (χ3v) is 6.84. The number of tetrazole rings is 1. The molecule has 0 bridgehead atoms. The van der Waals surface area contributed by atoms with E-state index in [1.54, 1.807) is 19.2 Å². The molecule has 154 valence electrons. The van der Waals surface area contributed by atoms with Crippen LogP contribution in [0, 0.1) is 5.92 Å². The molecule has 0 spiro atoms. The number of nitrogens with one attached hydrogen (secondary N) is 1. The molecule has 0 unspecified atom stereocenters. The van der Waals surface area contributed by atoms with Gasteiger partial charge in [-0.2, -0.15) is 0 Å². The van der Waals surface area contributed by atoms with Crippen LogP contribution in [-0.2, 0) is 11.8 Å². The predicted octanol–water partition coefficient (Wildman–Crippen LogP) is 2.74. The van der Waals surface area contributed by atoms with E-state index < -0.39 is 0 Å². The number of carbonyl (C=O) groups is 2. The van der Waals surface area contributed by atoms with Gasteiger partial charge in [-0.05, 0) is 66.3 Å². The predicted molar refractivity (Wildman–Crippen MR) is 111 cm³/mol. The van der Waals surface area contributed by atoms with Crippen molar-refractivity contribution in [2.24, 2.45) is 13.0 Å². The number of piperidine rings is 1. The fraction of sp³-hybridized carbons (Fsp3) is 0.550. The molecule has 2 aliphatic rings. The number of hydrogen-bond acceptors (Lipinski definition) is 6. The van der Waals surface area contributed by atoms with Gasteiger partial charge in [0.2, 0.25) is 11.1 Å². The van der Waals surface area contributed by atoms with Crippen LogP contribution in [-0.4, -0.2) is 55.3 Å². The lowest BCUT2D eigenvalue weighted by atomic mass is 9.78. The van der Waals surface area contributed by atoms with Gasteiger partial charge in [0.15, 0.2) is 0 Å². The van der Waals surface area contributed by atoms with Crippen molar-refractivity contribution < 1.29 is 9.59 Å². The van der Waals surface area contributed by atoms with Crippen LogP contribution in [0.1, 0.15) is 48.9 Å². The SMILES string of the molecule is Cn1nnnc1SCC(=O)Nc1ccc(C(=O)N2CCC[C@@H]3CCCC[C@@H]32)cc1. The molecule has 1 aromatic carbocycles. The molecule has 2 fully saturated rings. The molecule has 2 aromatic rings. The first kappa shape index (κ1) is 19.9. The average molecular weight is 415 g/mol. The maximum atomic E-state index is 13.1. The number of rotatable bonds is 5. The van der Waals surface area contributed by atoms with E-state index in [1.807, 2.05) is 12.1 Å². The van der Waals surface area contributed by atoms with Gasteiger partial charge in [0.1, 0.15) is 0 Å². The molecule has 1 aromatic heterocycles. The Balaban J connectivity index is 1.34. The van der Waals surface area contributed by atoms with Crippen molar-refractivity contribution in [3.05, 3.63) is 29.8 Å². The Hall–Kier alpha value is -2.42. The molecular formula is C20H26N6O2S. The molecule has 4 rings (SSSR count). The average Bonchev–Trinajstić information content (AvgIpc) is 3.16. The molecule has 2 amide bonds. The van der Waals surface area contributed by atoms with Crippen molar-refractivity contribution >= 4 is 29.3 Å². The fourth-order valence-electron chi connectivity index (χ4n) is 4.41. The fourth-order valence-corrected chi connectivity index (χ4v) is 5.06. The van der Waals surface area contributed by atoms with Crippen LogP contribution in [0.3, 0.4) is 0 Å². The van der Waals surface area contributed by atoms with Crippen LogP contribution in [0.5, 0.6) is 0 Å². The lowest BCUT2D eigenvalue weighted by molar-refractivity contribution is -0.113. The number of carbonyl (C=O) groups excluding carboxylic acids is 2. The number of amides is 2. The summed E-state index contributed by atoms with van der Waals surface area (Å²) in [6, 6.07) is 7.61. The Morgan fingerprint density at radius 3 is 2.66 bits per heavy atom. The van der Waals surface area contributed by atoms with E-state index in [-0.39, 0.29) is 17.6 Å². The van der Waals surface area contributed by atoms with E-state index in [4.69, 9.17) is 0 Å². The number of likely N-dealkylation sites (tertiary alicyclic amines) is 1. The first-order valence-electron chi connectivity index (χ1n) is 10.2. The van der Waals surface area contributed by atoms with Gasteiger partial charge in [-0.25, -0.2) is 4.68 Å². The highest BCUT2D eigenvalue weighted by molar-refractivity contribution is 7.99. The molecule has 9 heteroatoms. The minimum Gasteiger partial charge on any atom is -0.335 e. The van der Waals surface area contributed by atoms with Gasteiger partial charge < -0.3 is 10.2 Å². The summed E-state index contributed by atoms with van der Waals surface area (Å²) in [5.74, 6) is 0.857. The zero-order valence-corrected chi connectivity index (χ0v) is 17.4. The standard InChI is InChI=1S/C20H26N6O2S/c1-25-20(22-23-24-25)29-13-18(27)21-16-10-8-15(9-11-16)19(28)26-12-4-6-14-5-2-3-7-17(14)26/h8-11,14,17H,2-7,12-13H2,1H3,(H,21,27)/t14-,17-/m0/s1. The Kier molecular flexibility index (Phi) is 6.13. The first-order chi connectivity index (χ1) is 14.1. The molecule has 1 saturated carbocycles. The number of fused-ring (bicyclic) bond motifs is 1. The number of aromatic nitrogens is 4. The zero-order chi connectivity index (χ0) is 20.2. The van der Waals surface area contributed by atoms with Crippen molar-refractivity contribution in [1.29, 1.82) is 0 Å². The molecule has 2 heterocycles. The third kappa shape index (κ3) is 4.60. The Morgan fingerprint density at radius 1 is 1.14 bits per heavy atom. The number of benzene rings is 1. The second-order valence-electron chi connectivity index (χ2n) is 7.75. The van der Waals surface area contributed by atoms with Gasteiger partial charge in [0, 0.05) is 30.9 Å². The molecule has 1 aliphatic heterocycles. The summed E-state index contributed by atoms with van der Waals surface area (Å²) >= 11 is 1.27.